The molecule has 1 aromatic carbocycles. The van der Waals surface area contributed by atoms with Crippen molar-refractivity contribution in [1.29, 1.82) is 0 Å². The number of rotatable bonds is 5. The van der Waals surface area contributed by atoms with Crippen molar-refractivity contribution in [2.45, 2.75) is 37.3 Å². The first-order valence-electron chi connectivity index (χ1n) is 7.08. The lowest BCUT2D eigenvalue weighted by atomic mass is 9.78. The first-order chi connectivity index (χ1) is 9.97. The second-order valence-corrected chi connectivity index (χ2v) is 7.42. The third-order valence-corrected chi connectivity index (χ3v) is 5.24. The van der Waals surface area contributed by atoms with Crippen molar-refractivity contribution in [3.05, 3.63) is 47.9 Å². The number of nitrogens with zero attached hydrogens (tertiary/aromatic N) is 2. The second kappa shape index (κ2) is 5.27. The van der Waals surface area contributed by atoms with Crippen molar-refractivity contribution in [3.8, 4) is 0 Å². The van der Waals surface area contributed by atoms with Crippen LogP contribution in [0.4, 0.5) is 0 Å². The number of fused-ring (bicyclic) bond motifs is 1. The van der Waals surface area contributed by atoms with Crippen LogP contribution in [-0.2, 0) is 16.4 Å². The van der Waals surface area contributed by atoms with Gasteiger partial charge in [-0.25, -0.2) is 18.1 Å². The number of hydrogen-bond donors (Lipinski definition) is 1. The Morgan fingerprint density at radius 2 is 2.14 bits per heavy atom. The van der Waals surface area contributed by atoms with E-state index >= 15 is 0 Å². The number of imidazole rings is 1. The molecule has 1 aliphatic carbocycles. The molecule has 112 valence electrons. The van der Waals surface area contributed by atoms with Crippen molar-refractivity contribution in [2.75, 3.05) is 6.54 Å². The molecule has 0 saturated heterocycles. The minimum atomic E-state index is -3.53. The van der Waals surface area contributed by atoms with Crippen LogP contribution in [0.1, 0.15) is 36.9 Å². The largest absolute Gasteiger partial charge is 0.334 e. The zero-order chi connectivity index (χ0) is 15.0. The Morgan fingerprint density at radius 3 is 2.81 bits per heavy atom. The third-order valence-electron chi connectivity index (χ3n) is 3.93. The SMILES string of the molecule is CC(C)n1cnc(S(=O)(=O)NCC2Cc3ccccc32)c1. The summed E-state index contributed by atoms with van der Waals surface area (Å²) >= 11 is 0. The molecule has 1 aliphatic rings. The van der Waals surface area contributed by atoms with Crippen LogP contribution in [0.2, 0.25) is 0 Å². The van der Waals surface area contributed by atoms with E-state index in [9.17, 15) is 8.42 Å². The molecule has 0 aliphatic heterocycles. The summed E-state index contributed by atoms with van der Waals surface area (Å²) < 4.78 is 28.9. The Bertz CT molecular complexity index is 750. The molecular formula is C15H19N3O2S. The van der Waals surface area contributed by atoms with Gasteiger partial charge in [0.25, 0.3) is 10.0 Å². The van der Waals surface area contributed by atoms with Crippen LogP contribution in [0.15, 0.2) is 41.8 Å². The summed E-state index contributed by atoms with van der Waals surface area (Å²) in [4.78, 5) is 3.99. The summed E-state index contributed by atoms with van der Waals surface area (Å²) in [6.45, 7) is 4.39. The molecule has 0 bridgehead atoms. The van der Waals surface area contributed by atoms with Crippen LogP contribution in [0.25, 0.3) is 0 Å². The van der Waals surface area contributed by atoms with Crippen LogP contribution in [-0.4, -0.2) is 24.5 Å². The van der Waals surface area contributed by atoms with Crippen LogP contribution < -0.4 is 4.72 Å². The van der Waals surface area contributed by atoms with E-state index in [0.717, 1.165) is 6.42 Å². The summed E-state index contributed by atoms with van der Waals surface area (Å²) in [5.41, 5.74) is 2.55. The average molecular weight is 305 g/mol. The van der Waals surface area contributed by atoms with Crippen molar-refractivity contribution < 1.29 is 8.42 Å². The Labute approximate surface area is 125 Å². The highest BCUT2D eigenvalue weighted by Gasteiger charge is 2.27. The van der Waals surface area contributed by atoms with E-state index in [1.54, 1.807) is 17.1 Å². The molecule has 0 amide bonds. The number of benzene rings is 1. The van der Waals surface area contributed by atoms with E-state index in [0.29, 0.717) is 6.54 Å². The summed E-state index contributed by atoms with van der Waals surface area (Å²) in [7, 11) is -3.53. The molecule has 0 fully saturated rings. The lowest BCUT2D eigenvalue weighted by Gasteiger charge is -2.29. The van der Waals surface area contributed by atoms with Crippen molar-refractivity contribution in [2.24, 2.45) is 0 Å². The highest BCUT2D eigenvalue weighted by Crippen LogP contribution is 2.34. The van der Waals surface area contributed by atoms with E-state index in [4.69, 9.17) is 0 Å². The number of sulfonamides is 1. The van der Waals surface area contributed by atoms with Gasteiger partial charge in [0.1, 0.15) is 0 Å². The first-order valence-corrected chi connectivity index (χ1v) is 8.56. The molecule has 1 aromatic heterocycles. The highest BCUT2D eigenvalue weighted by atomic mass is 32.2. The van der Waals surface area contributed by atoms with E-state index in [1.165, 1.54) is 11.1 Å². The predicted octanol–water partition coefficient (Wildman–Crippen LogP) is 2.08. The van der Waals surface area contributed by atoms with Crippen molar-refractivity contribution in [1.82, 2.24) is 14.3 Å². The summed E-state index contributed by atoms with van der Waals surface area (Å²) in [6.07, 6.45) is 4.05. The number of hydrogen-bond acceptors (Lipinski definition) is 3. The standard InChI is InChI=1S/C15H19N3O2S/c1-11(2)18-9-15(16-10-18)21(19,20)17-8-13-7-12-5-3-4-6-14(12)13/h3-6,9-11,13,17H,7-8H2,1-2H3. The molecule has 1 heterocycles. The van der Waals surface area contributed by atoms with E-state index in [2.05, 4.69) is 21.8 Å². The minimum absolute atomic E-state index is 0.0869. The van der Waals surface area contributed by atoms with E-state index in [1.807, 2.05) is 26.0 Å². The van der Waals surface area contributed by atoms with E-state index in [-0.39, 0.29) is 17.0 Å². The molecule has 0 spiro atoms. The van der Waals surface area contributed by atoms with Gasteiger partial charge in [-0.05, 0) is 31.4 Å². The Balaban J connectivity index is 1.67. The van der Waals surface area contributed by atoms with Crippen LogP contribution >= 0.6 is 0 Å². The molecule has 2 aromatic rings. The summed E-state index contributed by atoms with van der Waals surface area (Å²) in [5.74, 6) is 0.267. The lowest BCUT2D eigenvalue weighted by Crippen LogP contribution is -2.33. The average Bonchev–Trinajstić information content (AvgIpc) is 2.90. The molecule has 3 rings (SSSR count). The van der Waals surface area contributed by atoms with Crippen LogP contribution in [0, 0.1) is 0 Å². The van der Waals surface area contributed by atoms with Gasteiger partial charge in [0.15, 0.2) is 5.03 Å². The van der Waals surface area contributed by atoms with Gasteiger partial charge in [-0.2, -0.15) is 0 Å². The normalized spacial score (nSPS) is 17.6. The van der Waals surface area contributed by atoms with Crippen LogP contribution in [0.3, 0.4) is 0 Å². The quantitative estimate of drug-likeness (QED) is 0.920. The Hall–Kier alpha value is -1.66. The van der Waals surface area contributed by atoms with Gasteiger partial charge in [-0.3, -0.25) is 0 Å². The second-order valence-electron chi connectivity index (χ2n) is 5.70. The maximum atomic E-state index is 12.2. The molecule has 21 heavy (non-hydrogen) atoms. The Morgan fingerprint density at radius 1 is 1.38 bits per heavy atom. The van der Waals surface area contributed by atoms with Gasteiger partial charge in [-0.15, -0.1) is 0 Å². The van der Waals surface area contributed by atoms with Gasteiger partial charge >= 0.3 is 0 Å². The maximum Gasteiger partial charge on any atom is 0.259 e. The van der Waals surface area contributed by atoms with Gasteiger partial charge in [-0.1, -0.05) is 24.3 Å². The fourth-order valence-electron chi connectivity index (χ4n) is 2.57. The molecule has 5 nitrogen and oxygen atoms in total. The van der Waals surface area contributed by atoms with Crippen molar-refractivity contribution >= 4 is 10.0 Å². The fraction of sp³-hybridized carbons (Fsp3) is 0.400. The van der Waals surface area contributed by atoms with Crippen LogP contribution in [0.5, 0.6) is 0 Å². The minimum Gasteiger partial charge on any atom is -0.334 e. The van der Waals surface area contributed by atoms with Gasteiger partial charge in [0.05, 0.1) is 6.33 Å². The first kappa shape index (κ1) is 14.3. The molecule has 0 saturated carbocycles. The van der Waals surface area contributed by atoms with Gasteiger partial charge in [0, 0.05) is 24.7 Å². The van der Waals surface area contributed by atoms with Gasteiger partial charge < -0.3 is 4.57 Å². The Kier molecular flexibility index (Phi) is 3.59. The molecule has 0 radical (unpaired) electrons. The monoisotopic (exact) mass is 305 g/mol. The lowest BCUT2D eigenvalue weighted by molar-refractivity contribution is 0.549. The predicted molar refractivity (Wildman–Crippen MR) is 80.7 cm³/mol. The van der Waals surface area contributed by atoms with E-state index < -0.39 is 10.0 Å². The highest BCUT2D eigenvalue weighted by molar-refractivity contribution is 7.89. The third kappa shape index (κ3) is 2.73. The summed E-state index contributed by atoms with van der Waals surface area (Å²) in [6, 6.07) is 8.34. The summed E-state index contributed by atoms with van der Waals surface area (Å²) in [5, 5.41) is 0.0869. The number of nitrogens with one attached hydrogen (secondary N) is 1. The topological polar surface area (TPSA) is 64.0 Å². The number of aromatic nitrogens is 2. The molecule has 6 heteroatoms. The molecular weight excluding hydrogens is 286 g/mol. The van der Waals surface area contributed by atoms with Gasteiger partial charge in [0.2, 0.25) is 0 Å². The fourth-order valence-corrected chi connectivity index (χ4v) is 3.58. The molecule has 1 N–H and O–H groups in total. The smallest absolute Gasteiger partial charge is 0.259 e. The zero-order valence-electron chi connectivity index (χ0n) is 12.2. The van der Waals surface area contributed by atoms with Crippen molar-refractivity contribution in [3.63, 3.8) is 0 Å². The molecule has 1 unspecified atom stereocenters. The zero-order valence-corrected chi connectivity index (χ0v) is 13.0. The molecule has 1 atom stereocenters. The maximum absolute atomic E-state index is 12.2.